The number of nitrogens with two attached hydrogens (primary N) is 1. The summed E-state index contributed by atoms with van der Waals surface area (Å²) >= 11 is 0. The number of aryl methyl sites for hydroxylation is 1. The number of ether oxygens (including phenoxy) is 2. The summed E-state index contributed by atoms with van der Waals surface area (Å²) < 4.78 is 29.9. The van der Waals surface area contributed by atoms with Crippen molar-refractivity contribution in [3.63, 3.8) is 0 Å². The van der Waals surface area contributed by atoms with Crippen LogP contribution < -0.4 is 15.4 Å². The van der Waals surface area contributed by atoms with Crippen molar-refractivity contribution in [3.8, 4) is 12.1 Å². The number of anilines is 2. The molecule has 2 fully saturated rings. The third-order valence-electron chi connectivity index (χ3n) is 11.5. The number of nitrogen functional groups attached to an aromatic ring is 1. The highest BCUT2D eigenvalue weighted by atomic mass is 19.1. The molecule has 4 aliphatic heterocycles. The van der Waals surface area contributed by atoms with Crippen molar-refractivity contribution in [2.24, 2.45) is 0 Å². The summed E-state index contributed by atoms with van der Waals surface area (Å²) in [5.41, 5.74) is 11.2. The first-order valence-electron chi connectivity index (χ1n) is 17.5. The topological polar surface area (TPSA) is 139 Å². The molecule has 12 nitrogen and oxygen atoms in total. The van der Waals surface area contributed by atoms with Gasteiger partial charge < -0.3 is 25.0 Å². The van der Waals surface area contributed by atoms with Crippen molar-refractivity contribution < 1.29 is 18.7 Å². The van der Waals surface area contributed by atoms with E-state index in [1.165, 1.54) is 4.90 Å². The molecule has 1 amide bonds. The van der Waals surface area contributed by atoms with Crippen LogP contribution in [0.1, 0.15) is 95.5 Å². The highest BCUT2D eigenvalue weighted by molar-refractivity contribution is 5.92. The Kier molecular flexibility index (Phi) is 7.79. The molecule has 2 N–H and O–H groups in total. The fourth-order valence-corrected chi connectivity index (χ4v) is 8.98. The first kappa shape index (κ1) is 32.0. The van der Waals surface area contributed by atoms with Gasteiger partial charge in [-0.1, -0.05) is 13.0 Å². The largest absolute Gasteiger partial charge is 0.461 e. The second-order valence-corrected chi connectivity index (χ2v) is 14.8. The van der Waals surface area contributed by atoms with E-state index < -0.39 is 11.8 Å². The Balaban J connectivity index is 1.19. The molecule has 3 unspecified atom stereocenters. The lowest BCUT2D eigenvalue weighted by atomic mass is 9.69. The molecule has 8 rings (SSSR count). The number of rotatable bonds is 5. The maximum Gasteiger partial charge on any atom is 0.318 e. The van der Waals surface area contributed by atoms with Crippen LogP contribution in [0.25, 0.3) is 0 Å². The number of aromatic nitrogens is 4. The van der Waals surface area contributed by atoms with Gasteiger partial charge in [0.15, 0.2) is 5.69 Å². The predicted octanol–water partition coefficient (Wildman–Crippen LogP) is 4.06. The van der Waals surface area contributed by atoms with Gasteiger partial charge in [0.25, 0.3) is 5.91 Å². The normalized spacial score (nSPS) is 27.5. The smallest absolute Gasteiger partial charge is 0.318 e. The van der Waals surface area contributed by atoms with E-state index in [0.717, 1.165) is 72.5 Å². The number of benzene rings is 1. The van der Waals surface area contributed by atoms with Gasteiger partial charge in [0.1, 0.15) is 30.3 Å². The summed E-state index contributed by atoms with van der Waals surface area (Å²) in [5.74, 6) is 0.866. The third kappa shape index (κ3) is 5.31. The molecule has 0 bridgehead atoms. The molecule has 5 aliphatic rings. The number of fused-ring (bicyclic) bond motifs is 5. The predicted molar refractivity (Wildman–Crippen MR) is 180 cm³/mol. The molecule has 2 saturated heterocycles. The number of carbonyl (C=O) groups is 1. The zero-order chi connectivity index (χ0) is 34.1. The summed E-state index contributed by atoms with van der Waals surface area (Å²) in [4.78, 5) is 28.8. The number of hydrogen-bond acceptors (Lipinski definition) is 10. The molecular formula is C36H44FN9O3. The molecule has 0 saturated carbocycles. The van der Waals surface area contributed by atoms with Crippen molar-refractivity contribution >= 4 is 17.4 Å². The third-order valence-corrected chi connectivity index (χ3v) is 11.5. The van der Waals surface area contributed by atoms with E-state index in [9.17, 15) is 14.4 Å². The Morgan fingerprint density at radius 2 is 2.08 bits per heavy atom. The number of hydrogen-bond donors (Lipinski definition) is 1. The fourth-order valence-electron chi connectivity index (χ4n) is 8.98. The van der Waals surface area contributed by atoms with Crippen LogP contribution >= 0.6 is 0 Å². The van der Waals surface area contributed by atoms with Gasteiger partial charge in [-0.05, 0) is 62.3 Å². The van der Waals surface area contributed by atoms with Gasteiger partial charge in [0.2, 0.25) is 0 Å². The van der Waals surface area contributed by atoms with Crippen molar-refractivity contribution in [2.75, 3.05) is 51.0 Å². The lowest BCUT2D eigenvalue weighted by molar-refractivity contribution is -0.0873. The maximum absolute atomic E-state index is 14.6. The molecule has 1 aliphatic carbocycles. The van der Waals surface area contributed by atoms with Gasteiger partial charge in [0, 0.05) is 63.4 Å². The van der Waals surface area contributed by atoms with E-state index in [1.807, 2.05) is 22.9 Å². The van der Waals surface area contributed by atoms with E-state index in [4.69, 9.17) is 25.2 Å². The number of alkyl halides is 1. The number of halogens is 1. The molecule has 258 valence electrons. The quantitative estimate of drug-likeness (QED) is 0.396. The molecule has 4 atom stereocenters. The second-order valence-electron chi connectivity index (χ2n) is 14.8. The van der Waals surface area contributed by atoms with E-state index in [1.54, 1.807) is 14.1 Å². The van der Waals surface area contributed by atoms with Gasteiger partial charge in [-0.2, -0.15) is 20.3 Å². The molecule has 49 heavy (non-hydrogen) atoms. The van der Waals surface area contributed by atoms with Gasteiger partial charge in [-0.25, -0.2) is 4.39 Å². The molecular weight excluding hydrogens is 625 g/mol. The molecule has 3 aromatic rings. The van der Waals surface area contributed by atoms with E-state index in [2.05, 4.69) is 27.9 Å². The van der Waals surface area contributed by atoms with Crippen LogP contribution in [0.15, 0.2) is 18.2 Å². The summed E-state index contributed by atoms with van der Waals surface area (Å²) in [6.07, 6.45) is 4.40. The Morgan fingerprint density at radius 3 is 2.90 bits per heavy atom. The number of nitriles is 1. The molecule has 1 spiro atoms. The van der Waals surface area contributed by atoms with Crippen LogP contribution in [0.3, 0.4) is 0 Å². The maximum atomic E-state index is 14.6. The van der Waals surface area contributed by atoms with Gasteiger partial charge in [0.05, 0.1) is 35.6 Å². The van der Waals surface area contributed by atoms with Gasteiger partial charge >= 0.3 is 6.01 Å². The molecule has 2 aromatic heterocycles. The summed E-state index contributed by atoms with van der Waals surface area (Å²) in [7, 11) is 3.45. The average Bonchev–Trinajstić information content (AvgIpc) is 3.71. The summed E-state index contributed by atoms with van der Waals surface area (Å²) in [6, 6.07) is 8.39. The van der Waals surface area contributed by atoms with Crippen molar-refractivity contribution in [1.29, 1.82) is 5.26 Å². The van der Waals surface area contributed by atoms with Crippen LogP contribution in [-0.2, 0) is 36.5 Å². The zero-order valence-electron chi connectivity index (χ0n) is 28.5. The summed E-state index contributed by atoms with van der Waals surface area (Å²) in [6.45, 7) is 5.99. The molecule has 0 radical (unpaired) electrons. The number of nitrogens with zero attached hydrogens (tertiary/aromatic N) is 8. The van der Waals surface area contributed by atoms with Crippen LogP contribution in [-0.4, -0.2) is 87.5 Å². The minimum atomic E-state index is -0.859. The van der Waals surface area contributed by atoms with Crippen LogP contribution in [0.2, 0.25) is 0 Å². The zero-order valence-corrected chi connectivity index (χ0v) is 28.5. The molecule has 13 heteroatoms. The first-order chi connectivity index (χ1) is 23.6. The number of carbonyl (C=O) groups excluding carboxylic acids is 1. The van der Waals surface area contributed by atoms with Gasteiger partial charge in [-0.15, -0.1) is 0 Å². The van der Waals surface area contributed by atoms with Crippen molar-refractivity contribution in [3.05, 3.63) is 57.5 Å². The lowest BCUT2D eigenvalue weighted by Gasteiger charge is -2.45. The monoisotopic (exact) mass is 669 g/mol. The Bertz CT molecular complexity index is 1860. The highest BCUT2D eigenvalue weighted by Gasteiger charge is 2.50. The SMILES string of the molecule is CC1CCC2(Cc3nc(OCC45CCCN4C[C@H](F)C5)nc(N4CCCn5nc(C(=O)N(C)C)cc5C4)c3CO2)c2c1ccc(N)c2C#N. The minimum absolute atomic E-state index is 0.136. The Labute approximate surface area is 286 Å². The first-order valence-corrected chi connectivity index (χ1v) is 17.5. The standard InChI is InChI=1S/C36H44FN9O3/c1-22-8-10-36(31-25(22)6-7-28(39)26(31)17-38)16-30-27(20-49-36)32(41-34(40-30)48-21-35-9-4-12-45(35)18-23(37)15-35)44-11-5-13-46-24(19-44)14-29(42-46)33(47)43(2)3/h6-7,14,22-23H,4-5,8-13,15-16,18-21,39H2,1-3H3/t22?,23-,35?,36?/m1/s1. The van der Waals surface area contributed by atoms with Crippen LogP contribution in [0.4, 0.5) is 15.9 Å². The minimum Gasteiger partial charge on any atom is -0.461 e. The fraction of sp³-hybridized carbons (Fsp3) is 0.583. The Morgan fingerprint density at radius 1 is 1.22 bits per heavy atom. The Hall–Kier alpha value is -4.28. The van der Waals surface area contributed by atoms with Gasteiger partial charge in [-0.3, -0.25) is 14.4 Å². The average molecular weight is 670 g/mol. The van der Waals surface area contributed by atoms with Crippen molar-refractivity contribution in [1.82, 2.24) is 29.5 Å². The van der Waals surface area contributed by atoms with E-state index >= 15 is 0 Å². The highest BCUT2D eigenvalue weighted by Crippen LogP contribution is 2.51. The van der Waals surface area contributed by atoms with E-state index in [-0.39, 0.29) is 30.0 Å². The summed E-state index contributed by atoms with van der Waals surface area (Å²) in [5, 5.41) is 14.9. The van der Waals surface area contributed by atoms with Crippen LogP contribution in [0, 0.1) is 11.3 Å². The van der Waals surface area contributed by atoms with Crippen LogP contribution in [0.5, 0.6) is 6.01 Å². The number of amides is 1. The van der Waals surface area contributed by atoms with E-state index in [0.29, 0.717) is 62.6 Å². The molecule has 1 aromatic carbocycles. The van der Waals surface area contributed by atoms with Crippen molar-refractivity contribution in [2.45, 2.75) is 94.8 Å². The molecule has 6 heterocycles. The lowest BCUT2D eigenvalue weighted by Crippen LogP contribution is -2.44. The second kappa shape index (κ2) is 11.9.